The molecule has 2 aromatic carbocycles. The van der Waals surface area contributed by atoms with E-state index in [-0.39, 0.29) is 11.8 Å². The minimum Gasteiger partial charge on any atom is -0.497 e. The molecule has 6 heteroatoms. The fourth-order valence-electron chi connectivity index (χ4n) is 3.52. The second kappa shape index (κ2) is 13.4. The normalized spacial score (nSPS) is 11.5. The first-order chi connectivity index (χ1) is 15.5. The zero-order valence-corrected chi connectivity index (χ0v) is 19.7. The minimum absolute atomic E-state index is 0.0386. The Hall–Kier alpha value is -3.02. The number of nitrogens with zero attached hydrogens (tertiary/aromatic N) is 1. The van der Waals surface area contributed by atoms with E-state index in [1.54, 1.807) is 12.0 Å². The van der Waals surface area contributed by atoms with Gasteiger partial charge in [-0.15, -0.1) is 0 Å². The topological polar surface area (TPSA) is 67.9 Å². The lowest BCUT2D eigenvalue weighted by atomic mass is 10.1. The SMILES string of the molecule is CCCNC(=O)C(CC)N(Cc1cccc(C)c1)C(=O)CCCOc1ccc(OC)cc1. The Morgan fingerprint density at radius 3 is 2.41 bits per heavy atom. The Labute approximate surface area is 191 Å². The number of methoxy groups -OCH3 is 1. The maximum Gasteiger partial charge on any atom is 0.242 e. The van der Waals surface area contributed by atoms with Gasteiger partial charge in [-0.25, -0.2) is 0 Å². The lowest BCUT2D eigenvalue weighted by Gasteiger charge is -2.31. The Balaban J connectivity index is 2.02. The van der Waals surface area contributed by atoms with Crippen LogP contribution in [0, 0.1) is 6.92 Å². The molecule has 0 aliphatic carbocycles. The standard InChI is InChI=1S/C26H36N2O4/c1-5-16-27-26(30)24(6-2)28(19-21-10-7-9-20(3)18-21)25(29)11-8-17-32-23-14-12-22(31-4)13-15-23/h7,9-10,12-15,18,24H,5-6,8,11,16-17,19H2,1-4H3,(H,27,30). The molecule has 0 spiro atoms. The monoisotopic (exact) mass is 440 g/mol. The van der Waals surface area contributed by atoms with Crippen molar-refractivity contribution >= 4 is 11.8 Å². The molecular weight excluding hydrogens is 404 g/mol. The number of benzene rings is 2. The number of ether oxygens (including phenoxy) is 2. The summed E-state index contributed by atoms with van der Waals surface area (Å²) in [6, 6.07) is 14.9. The average molecular weight is 441 g/mol. The van der Waals surface area contributed by atoms with Crippen molar-refractivity contribution in [1.29, 1.82) is 0 Å². The molecule has 174 valence electrons. The van der Waals surface area contributed by atoms with Crippen molar-refractivity contribution in [2.45, 2.75) is 59.0 Å². The van der Waals surface area contributed by atoms with Crippen LogP contribution in [0.25, 0.3) is 0 Å². The van der Waals surface area contributed by atoms with E-state index >= 15 is 0 Å². The molecule has 32 heavy (non-hydrogen) atoms. The number of hydrogen-bond donors (Lipinski definition) is 1. The van der Waals surface area contributed by atoms with Crippen LogP contribution < -0.4 is 14.8 Å². The summed E-state index contributed by atoms with van der Waals surface area (Å²) in [6.07, 6.45) is 2.31. The molecule has 1 unspecified atom stereocenters. The highest BCUT2D eigenvalue weighted by Crippen LogP contribution is 2.18. The summed E-state index contributed by atoms with van der Waals surface area (Å²) in [5.74, 6) is 1.37. The molecule has 0 saturated heterocycles. The molecule has 1 N–H and O–H groups in total. The van der Waals surface area contributed by atoms with Crippen molar-refractivity contribution < 1.29 is 19.1 Å². The second-order valence-corrected chi connectivity index (χ2v) is 7.85. The number of aryl methyl sites for hydroxylation is 1. The summed E-state index contributed by atoms with van der Waals surface area (Å²) in [6.45, 7) is 7.43. The zero-order valence-electron chi connectivity index (χ0n) is 19.7. The van der Waals surface area contributed by atoms with Gasteiger partial charge in [-0.3, -0.25) is 9.59 Å². The predicted molar refractivity (Wildman–Crippen MR) is 127 cm³/mol. The first kappa shape index (κ1) is 25.2. The van der Waals surface area contributed by atoms with Crippen LogP contribution in [0.1, 0.15) is 50.7 Å². The Bertz CT molecular complexity index is 851. The highest BCUT2D eigenvalue weighted by Gasteiger charge is 2.28. The van der Waals surface area contributed by atoms with E-state index in [0.29, 0.717) is 39.0 Å². The van der Waals surface area contributed by atoms with Gasteiger partial charge in [0.25, 0.3) is 0 Å². The van der Waals surface area contributed by atoms with E-state index in [1.807, 2.05) is 63.2 Å². The summed E-state index contributed by atoms with van der Waals surface area (Å²) < 4.78 is 10.9. The van der Waals surface area contributed by atoms with Gasteiger partial charge in [0, 0.05) is 19.5 Å². The number of carbonyl (C=O) groups is 2. The van der Waals surface area contributed by atoms with Crippen LogP contribution in [-0.2, 0) is 16.1 Å². The van der Waals surface area contributed by atoms with Crippen LogP contribution in [0.5, 0.6) is 11.5 Å². The van der Waals surface area contributed by atoms with Crippen molar-refractivity contribution in [2.75, 3.05) is 20.3 Å². The molecule has 2 aromatic rings. The van der Waals surface area contributed by atoms with Crippen molar-refractivity contribution in [3.8, 4) is 11.5 Å². The molecular formula is C26H36N2O4. The van der Waals surface area contributed by atoms with Gasteiger partial charge in [-0.2, -0.15) is 0 Å². The van der Waals surface area contributed by atoms with E-state index in [4.69, 9.17) is 9.47 Å². The third kappa shape index (κ3) is 7.91. The quantitative estimate of drug-likeness (QED) is 0.466. The molecule has 0 fully saturated rings. The third-order valence-electron chi connectivity index (χ3n) is 5.23. The number of hydrogen-bond acceptors (Lipinski definition) is 4. The lowest BCUT2D eigenvalue weighted by molar-refractivity contribution is -0.141. The van der Waals surface area contributed by atoms with E-state index < -0.39 is 6.04 Å². The van der Waals surface area contributed by atoms with Gasteiger partial charge in [0.05, 0.1) is 13.7 Å². The number of amides is 2. The largest absolute Gasteiger partial charge is 0.497 e. The van der Waals surface area contributed by atoms with Crippen LogP contribution in [0.15, 0.2) is 48.5 Å². The summed E-state index contributed by atoms with van der Waals surface area (Å²) in [7, 11) is 1.62. The number of carbonyl (C=O) groups excluding carboxylic acids is 2. The lowest BCUT2D eigenvalue weighted by Crippen LogP contribution is -2.49. The number of nitrogens with one attached hydrogen (secondary N) is 1. The third-order valence-corrected chi connectivity index (χ3v) is 5.23. The molecule has 0 bridgehead atoms. The number of rotatable bonds is 13. The second-order valence-electron chi connectivity index (χ2n) is 7.85. The van der Waals surface area contributed by atoms with Gasteiger partial charge in [0.2, 0.25) is 11.8 Å². The molecule has 2 amide bonds. The summed E-state index contributed by atoms with van der Waals surface area (Å²) in [4.78, 5) is 27.7. The summed E-state index contributed by atoms with van der Waals surface area (Å²) >= 11 is 0. The Morgan fingerprint density at radius 1 is 1.06 bits per heavy atom. The predicted octanol–water partition coefficient (Wildman–Crippen LogP) is 4.50. The zero-order chi connectivity index (χ0) is 23.3. The molecule has 0 heterocycles. The van der Waals surface area contributed by atoms with Crippen molar-refractivity contribution in [3.05, 3.63) is 59.7 Å². The van der Waals surface area contributed by atoms with E-state index in [9.17, 15) is 9.59 Å². The van der Waals surface area contributed by atoms with Crippen LogP contribution in [0.2, 0.25) is 0 Å². The van der Waals surface area contributed by atoms with Gasteiger partial charge in [-0.05, 0) is 56.0 Å². The van der Waals surface area contributed by atoms with Crippen molar-refractivity contribution in [1.82, 2.24) is 10.2 Å². The molecule has 0 aromatic heterocycles. The smallest absolute Gasteiger partial charge is 0.242 e. The van der Waals surface area contributed by atoms with Crippen LogP contribution >= 0.6 is 0 Å². The first-order valence-corrected chi connectivity index (χ1v) is 11.4. The minimum atomic E-state index is -0.489. The van der Waals surface area contributed by atoms with Gasteiger partial charge < -0.3 is 19.7 Å². The molecule has 6 nitrogen and oxygen atoms in total. The maximum absolute atomic E-state index is 13.2. The van der Waals surface area contributed by atoms with Crippen molar-refractivity contribution in [2.24, 2.45) is 0 Å². The van der Waals surface area contributed by atoms with Crippen molar-refractivity contribution in [3.63, 3.8) is 0 Å². The Morgan fingerprint density at radius 2 is 1.78 bits per heavy atom. The van der Waals surface area contributed by atoms with Crippen LogP contribution in [0.4, 0.5) is 0 Å². The van der Waals surface area contributed by atoms with Gasteiger partial charge in [-0.1, -0.05) is 43.7 Å². The first-order valence-electron chi connectivity index (χ1n) is 11.4. The van der Waals surface area contributed by atoms with Gasteiger partial charge in [0.15, 0.2) is 0 Å². The highest BCUT2D eigenvalue weighted by molar-refractivity contribution is 5.87. The molecule has 0 aliphatic heterocycles. The van der Waals surface area contributed by atoms with Crippen LogP contribution in [0.3, 0.4) is 0 Å². The fourth-order valence-corrected chi connectivity index (χ4v) is 3.52. The molecule has 2 rings (SSSR count). The summed E-state index contributed by atoms with van der Waals surface area (Å²) in [5, 5.41) is 2.95. The Kier molecular flexibility index (Phi) is 10.6. The summed E-state index contributed by atoms with van der Waals surface area (Å²) in [5.41, 5.74) is 2.15. The molecule has 0 aliphatic rings. The van der Waals surface area contributed by atoms with E-state index in [1.165, 1.54) is 0 Å². The maximum atomic E-state index is 13.2. The molecule has 0 saturated carbocycles. The van der Waals surface area contributed by atoms with Gasteiger partial charge >= 0.3 is 0 Å². The molecule has 1 atom stereocenters. The fraction of sp³-hybridized carbons (Fsp3) is 0.462. The van der Waals surface area contributed by atoms with E-state index in [2.05, 4.69) is 11.4 Å². The average Bonchev–Trinajstić information content (AvgIpc) is 2.80. The molecule has 0 radical (unpaired) electrons. The highest BCUT2D eigenvalue weighted by atomic mass is 16.5. The van der Waals surface area contributed by atoms with E-state index in [0.717, 1.165) is 29.0 Å². The van der Waals surface area contributed by atoms with Crippen LogP contribution in [-0.4, -0.2) is 43.0 Å². The van der Waals surface area contributed by atoms with Gasteiger partial charge in [0.1, 0.15) is 17.5 Å².